The van der Waals surface area contributed by atoms with Crippen LogP contribution >= 0.6 is 23.2 Å². The quantitative estimate of drug-likeness (QED) is 0.904. The molecule has 0 aliphatic heterocycles. The summed E-state index contributed by atoms with van der Waals surface area (Å²) < 4.78 is 31.0. The molecule has 2 aromatic carbocycles. The second kappa shape index (κ2) is 6.56. The van der Waals surface area contributed by atoms with E-state index in [0.29, 0.717) is 21.5 Å². The van der Waals surface area contributed by atoms with E-state index in [1.54, 1.807) is 18.2 Å². The van der Waals surface area contributed by atoms with Gasteiger partial charge >= 0.3 is 0 Å². The molecule has 0 aliphatic carbocycles. The molecule has 0 atom stereocenters. The van der Waals surface area contributed by atoms with Crippen LogP contribution in [0.15, 0.2) is 47.4 Å². The van der Waals surface area contributed by atoms with E-state index in [1.807, 2.05) is 4.72 Å². The molecule has 22 heavy (non-hydrogen) atoms. The second-order valence-electron chi connectivity index (χ2n) is 4.31. The van der Waals surface area contributed by atoms with Gasteiger partial charge in [-0.3, -0.25) is 4.79 Å². The number of rotatable bonds is 4. The van der Waals surface area contributed by atoms with Gasteiger partial charge in [0.05, 0.1) is 14.9 Å². The fourth-order valence-corrected chi connectivity index (χ4v) is 2.89. The first kappa shape index (κ1) is 16.6. The zero-order valence-electron chi connectivity index (χ0n) is 11.3. The van der Waals surface area contributed by atoms with Crippen LogP contribution < -0.4 is 9.46 Å². The molecule has 2 rings (SSSR count). The molecule has 0 heterocycles. The minimum atomic E-state index is -3.86. The van der Waals surface area contributed by atoms with E-state index in [4.69, 9.17) is 27.9 Å². The Bertz CT molecular complexity index is 804. The largest absolute Gasteiger partial charge is 0.457 e. The Hall–Kier alpha value is -1.76. The molecule has 0 bridgehead atoms. The summed E-state index contributed by atoms with van der Waals surface area (Å²) in [5.41, 5.74) is 0. The van der Waals surface area contributed by atoms with Gasteiger partial charge in [0.15, 0.2) is 0 Å². The number of carbonyl (C=O) groups excluding carboxylic acids is 1. The molecular weight excluding hydrogens is 349 g/mol. The van der Waals surface area contributed by atoms with Crippen LogP contribution in [0, 0.1) is 0 Å². The Morgan fingerprint density at radius 2 is 1.59 bits per heavy atom. The first-order chi connectivity index (χ1) is 10.3. The Morgan fingerprint density at radius 1 is 1.00 bits per heavy atom. The van der Waals surface area contributed by atoms with Crippen molar-refractivity contribution in [3.05, 3.63) is 52.5 Å². The number of ether oxygens (including phenoxy) is 1. The van der Waals surface area contributed by atoms with E-state index in [1.165, 1.54) is 24.3 Å². The Morgan fingerprint density at radius 3 is 2.14 bits per heavy atom. The number of nitrogens with one attached hydrogen (secondary N) is 1. The van der Waals surface area contributed by atoms with Crippen molar-refractivity contribution in [2.75, 3.05) is 0 Å². The number of amides is 1. The van der Waals surface area contributed by atoms with Crippen molar-refractivity contribution < 1.29 is 17.9 Å². The molecule has 5 nitrogen and oxygen atoms in total. The maximum Gasteiger partial charge on any atom is 0.264 e. The molecule has 2 aromatic rings. The van der Waals surface area contributed by atoms with E-state index in [-0.39, 0.29) is 4.90 Å². The zero-order chi connectivity index (χ0) is 16.3. The third-order valence-electron chi connectivity index (χ3n) is 2.54. The summed E-state index contributed by atoms with van der Waals surface area (Å²) in [6.45, 7) is 1.12. The normalized spacial score (nSPS) is 11.0. The Kier molecular flexibility index (Phi) is 4.95. The lowest BCUT2D eigenvalue weighted by molar-refractivity contribution is -0.117. The van der Waals surface area contributed by atoms with Crippen LogP contribution in [0.1, 0.15) is 6.92 Å². The van der Waals surface area contributed by atoms with Crippen molar-refractivity contribution in [3.63, 3.8) is 0 Å². The molecule has 1 N–H and O–H groups in total. The van der Waals surface area contributed by atoms with Crippen LogP contribution in [0.3, 0.4) is 0 Å². The number of benzene rings is 2. The molecule has 1 amide bonds. The van der Waals surface area contributed by atoms with Gasteiger partial charge in [-0.25, -0.2) is 13.1 Å². The van der Waals surface area contributed by atoms with Gasteiger partial charge in [-0.1, -0.05) is 23.2 Å². The average Bonchev–Trinajstić information content (AvgIpc) is 2.42. The molecule has 0 unspecified atom stereocenters. The number of hydrogen-bond donors (Lipinski definition) is 1. The highest BCUT2D eigenvalue weighted by Gasteiger charge is 2.15. The average molecular weight is 360 g/mol. The lowest BCUT2D eigenvalue weighted by Crippen LogP contribution is -2.28. The highest BCUT2D eigenvalue weighted by molar-refractivity contribution is 7.90. The Balaban J connectivity index is 2.18. The summed E-state index contributed by atoms with van der Waals surface area (Å²) >= 11 is 11.7. The van der Waals surface area contributed by atoms with Gasteiger partial charge in [0.25, 0.3) is 10.0 Å². The maximum atomic E-state index is 11.8. The number of carbonyl (C=O) groups is 1. The van der Waals surface area contributed by atoms with E-state index >= 15 is 0 Å². The molecule has 0 aromatic heterocycles. The molecule has 0 radical (unpaired) electrons. The summed E-state index contributed by atoms with van der Waals surface area (Å²) in [6, 6.07) is 10.4. The summed E-state index contributed by atoms with van der Waals surface area (Å²) in [6.07, 6.45) is 0. The first-order valence-electron chi connectivity index (χ1n) is 6.04. The van der Waals surface area contributed by atoms with Gasteiger partial charge in [-0.05, 0) is 36.4 Å². The van der Waals surface area contributed by atoms with Crippen molar-refractivity contribution in [2.45, 2.75) is 11.8 Å². The van der Waals surface area contributed by atoms with Crippen LogP contribution in [0.4, 0.5) is 0 Å². The monoisotopic (exact) mass is 359 g/mol. The van der Waals surface area contributed by atoms with E-state index in [9.17, 15) is 13.2 Å². The van der Waals surface area contributed by atoms with Gasteiger partial charge in [-0.15, -0.1) is 0 Å². The molecule has 0 saturated carbocycles. The second-order valence-corrected chi connectivity index (χ2v) is 6.81. The predicted molar refractivity (Wildman–Crippen MR) is 84.0 cm³/mol. The topological polar surface area (TPSA) is 72.5 Å². The molecule has 8 heteroatoms. The predicted octanol–water partition coefficient (Wildman–Crippen LogP) is 3.61. The third kappa shape index (κ3) is 4.13. The molecule has 116 valence electrons. The van der Waals surface area contributed by atoms with Gasteiger partial charge in [-0.2, -0.15) is 0 Å². The SMILES string of the molecule is CC(=O)NS(=O)(=O)c1ccc(Oc2ccc(Cl)c(Cl)c2)cc1. The van der Waals surface area contributed by atoms with Crippen LogP contribution in [0.5, 0.6) is 11.5 Å². The third-order valence-corrected chi connectivity index (χ3v) is 4.73. The lowest BCUT2D eigenvalue weighted by Gasteiger charge is -2.08. The molecule has 0 aliphatic rings. The minimum Gasteiger partial charge on any atom is -0.457 e. The lowest BCUT2D eigenvalue weighted by atomic mass is 10.3. The fourth-order valence-electron chi connectivity index (χ4n) is 1.61. The Labute approximate surface area is 137 Å². The van der Waals surface area contributed by atoms with Crippen LogP contribution in [0.2, 0.25) is 10.0 Å². The van der Waals surface area contributed by atoms with Gasteiger partial charge in [0, 0.05) is 13.0 Å². The molecular formula is C14H11Cl2NO4S. The number of halogens is 2. The van der Waals surface area contributed by atoms with Crippen molar-refractivity contribution in [1.29, 1.82) is 0 Å². The summed E-state index contributed by atoms with van der Waals surface area (Å²) in [5, 5.41) is 0.759. The van der Waals surface area contributed by atoms with Gasteiger partial charge < -0.3 is 4.74 Å². The summed E-state index contributed by atoms with van der Waals surface area (Å²) in [7, 11) is -3.86. The smallest absolute Gasteiger partial charge is 0.264 e. The maximum absolute atomic E-state index is 11.8. The van der Waals surface area contributed by atoms with E-state index in [0.717, 1.165) is 6.92 Å². The standard InChI is InChI=1S/C14H11Cl2NO4S/c1-9(18)17-22(19,20)12-5-2-10(3-6-12)21-11-4-7-13(15)14(16)8-11/h2-8H,1H3,(H,17,18). The van der Waals surface area contributed by atoms with Gasteiger partial charge in [0.2, 0.25) is 5.91 Å². The zero-order valence-corrected chi connectivity index (χ0v) is 13.7. The van der Waals surface area contributed by atoms with Crippen molar-refractivity contribution in [1.82, 2.24) is 4.72 Å². The highest BCUT2D eigenvalue weighted by Crippen LogP contribution is 2.29. The first-order valence-corrected chi connectivity index (χ1v) is 8.28. The highest BCUT2D eigenvalue weighted by atomic mass is 35.5. The molecule has 0 spiro atoms. The summed E-state index contributed by atoms with van der Waals surface area (Å²) in [5.74, 6) is 0.225. The van der Waals surface area contributed by atoms with Crippen LogP contribution in [0.25, 0.3) is 0 Å². The number of sulfonamides is 1. The fraction of sp³-hybridized carbons (Fsp3) is 0.0714. The summed E-state index contributed by atoms with van der Waals surface area (Å²) in [4.78, 5) is 10.8. The number of hydrogen-bond acceptors (Lipinski definition) is 4. The minimum absolute atomic E-state index is 0.0378. The molecule has 0 saturated heterocycles. The van der Waals surface area contributed by atoms with Crippen molar-refractivity contribution in [2.24, 2.45) is 0 Å². The van der Waals surface area contributed by atoms with Crippen LogP contribution in [-0.2, 0) is 14.8 Å². The molecule has 0 fully saturated rings. The van der Waals surface area contributed by atoms with Crippen molar-refractivity contribution >= 4 is 39.1 Å². The van der Waals surface area contributed by atoms with Gasteiger partial charge in [0.1, 0.15) is 11.5 Å². The van der Waals surface area contributed by atoms with Crippen molar-refractivity contribution in [3.8, 4) is 11.5 Å². The van der Waals surface area contributed by atoms with Crippen LogP contribution in [-0.4, -0.2) is 14.3 Å². The van der Waals surface area contributed by atoms with E-state index < -0.39 is 15.9 Å². The van der Waals surface area contributed by atoms with E-state index in [2.05, 4.69) is 0 Å².